The van der Waals surface area contributed by atoms with Crippen LogP contribution in [0.15, 0.2) is 47.4 Å². The molecule has 1 aliphatic heterocycles. The number of amides is 1. The zero-order chi connectivity index (χ0) is 17.6. The van der Waals surface area contributed by atoms with E-state index < -0.39 is 0 Å². The topological polar surface area (TPSA) is 38.8 Å². The smallest absolute Gasteiger partial charge is 0.233 e. The molecule has 0 atom stereocenters. The summed E-state index contributed by atoms with van der Waals surface area (Å²) in [6.45, 7) is 4.24. The lowest BCUT2D eigenvalue weighted by molar-refractivity contribution is -0.128. The minimum atomic E-state index is 0.0942. The predicted molar refractivity (Wildman–Crippen MR) is 101 cm³/mol. The van der Waals surface area contributed by atoms with E-state index >= 15 is 0 Å². The van der Waals surface area contributed by atoms with Gasteiger partial charge < -0.3 is 14.4 Å². The number of para-hydroxylation sites is 1. The molecular weight excluding hydrogens is 358 g/mol. The van der Waals surface area contributed by atoms with Gasteiger partial charge in [-0.1, -0.05) is 23.7 Å². The maximum Gasteiger partial charge on any atom is 0.233 e. The summed E-state index contributed by atoms with van der Waals surface area (Å²) in [4.78, 5) is 15.5. The number of halogens is 1. The van der Waals surface area contributed by atoms with Gasteiger partial charge in [-0.15, -0.1) is 11.8 Å². The van der Waals surface area contributed by atoms with Crippen LogP contribution in [0.5, 0.6) is 11.5 Å². The lowest BCUT2D eigenvalue weighted by Gasteiger charge is -2.25. The van der Waals surface area contributed by atoms with Gasteiger partial charge >= 0.3 is 0 Å². The lowest BCUT2D eigenvalue weighted by Crippen LogP contribution is -2.32. The van der Waals surface area contributed by atoms with Gasteiger partial charge in [0.2, 0.25) is 5.91 Å². The van der Waals surface area contributed by atoms with Crippen molar-refractivity contribution >= 4 is 29.3 Å². The van der Waals surface area contributed by atoms with E-state index in [9.17, 15) is 4.79 Å². The fraction of sp³-hybridized carbons (Fsp3) is 0.316. The van der Waals surface area contributed by atoms with Crippen LogP contribution in [0.3, 0.4) is 0 Å². The van der Waals surface area contributed by atoms with Gasteiger partial charge in [0.05, 0.1) is 5.75 Å². The van der Waals surface area contributed by atoms with Crippen LogP contribution in [0.1, 0.15) is 12.5 Å². The van der Waals surface area contributed by atoms with Gasteiger partial charge in [-0.2, -0.15) is 0 Å². The van der Waals surface area contributed by atoms with Crippen LogP contribution < -0.4 is 9.47 Å². The van der Waals surface area contributed by atoms with Crippen molar-refractivity contribution in [1.82, 2.24) is 4.90 Å². The molecule has 0 radical (unpaired) electrons. The van der Waals surface area contributed by atoms with Crippen LogP contribution in [0, 0.1) is 0 Å². The summed E-state index contributed by atoms with van der Waals surface area (Å²) in [5.74, 6) is 1.99. The number of hydrogen-bond acceptors (Lipinski definition) is 4. The number of carbonyl (C=O) groups is 1. The molecule has 0 bridgehead atoms. The molecule has 25 heavy (non-hydrogen) atoms. The molecule has 0 spiro atoms. The highest BCUT2D eigenvalue weighted by atomic mass is 35.5. The average Bonchev–Trinajstić information content (AvgIpc) is 2.65. The second kappa shape index (κ2) is 8.50. The van der Waals surface area contributed by atoms with Crippen LogP contribution in [-0.4, -0.2) is 36.3 Å². The van der Waals surface area contributed by atoms with Gasteiger partial charge in [-0.05, 0) is 37.3 Å². The second-order valence-corrected chi connectivity index (χ2v) is 7.08. The van der Waals surface area contributed by atoms with Crippen LogP contribution in [0.4, 0.5) is 0 Å². The number of nitrogens with zero attached hydrogens (tertiary/aromatic N) is 1. The molecule has 0 unspecified atom stereocenters. The Balaban J connectivity index is 1.64. The molecule has 1 aliphatic rings. The number of benzene rings is 2. The fourth-order valence-corrected chi connectivity index (χ4v) is 3.54. The zero-order valence-electron chi connectivity index (χ0n) is 14.0. The van der Waals surface area contributed by atoms with Crippen molar-refractivity contribution in [3.63, 3.8) is 0 Å². The van der Waals surface area contributed by atoms with Crippen LogP contribution in [-0.2, 0) is 11.3 Å². The van der Waals surface area contributed by atoms with E-state index in [-0.39, 0.29) is 5.91 Å². The molecule has 132 valence electrons. The molecule has 4 nitrogen and oxygen atoms in total. The van der Waals surface area contributed by atoms with E-state index in [0.717, 1.165) is 22.0 Å². The largest absolute Gasteiger partial charge is 0.486 e. The molecule has 2 aromatic carbocycles. The molecule has 0 N–H and O–H groups in total. The number of carbonyl (C=O) groups excluding carboxylic acids is 1. The molecule has 6 heteroatoms. The molecule has 0 saturated carbocycles. The molecule has 0 fully saturated rings. The molecule has 0 aliphatic carbocycles. The summed E-state index contributed by atoms with van der Waals surface area (Å²) >= 11 is 7.40. The number of hydrogen-bond donors (Lipinski definition) is 0. The molecular formula is C19H20ClNO3S. The first-order valence-electron chi connectivity index (χ1n) is 8.21. The quantitative estimate of drug-likeness (QED) is 0.705. The Morgan fingerprint density at radius 1 is 1.16 bits per heavy atom. The van der Waals surface area contributed by atoms with Crippen molar-refractivity contribution in [2.75, 3.05) is 25.5 Å². The Morgan fingerprint density at radius 3 is 2.68 bits per heavy atom. The first-order chi connectivity index (χ1) is 12.2. The molecule has 2 aromatic rings. The molecule has 1 heterocycles. The summed E-state index contributed by atoms with van der Waals surface area (Å²) in [7, 11) is 0. The first kappa shape index (κ1) is 18.0. The third-order valence-electron chi connectivity index (χ3n) is 3.92. The summed E-state index contributed by atoms with van der Waals surface area (Å²) in [6, 6.07) is 13.3. The van der Waals surface area contributed by atoms with E-state index in [1.54, 1.807) is 0 Å². The van der Waals surface area contributed by atoms with E-state index in [4.69, 9.17) is 21.1 Å². The van der Waals surface area contributed by atoms with Crippen molar-refractivity contribution in [2.24, 2.45) is 0 Å². The fourth-order valence-electron chi connectivity index (χ4n) is 2.61. The van der Waals surface area contributed by atoms with Gasteiger partial charge in [0.15, 0.2) is 11.5 Å². The number of ether oxygens (including phenoxy) is 2. The number of rotatable bonds is 6. The number of thioether (sulfide) groups is 1. The van der Waals surface area contributed by atoms with Crippen molar-refractivity contribution in [2.45, 2.75) is 18.4 Å². The molecule has 3 rings (SSSR count). The van der Waals surface area contributed by atoms with E-state index in [0.29, 0.717) is 37.1 Å². The third kappa shape index (κ3) is 4.61. The van der Waals surface area contributed by atoms with Crippen LogP contribution in [0.2, 0.25) is 5.02 Å². The van der Waals surface area contributed by atoms with Gasteiger partial charge in [0.1, 0.15) is 13.2 Å². The number of fused-ring (bicyclic) bond motifs is 1. The van der Waals surface area contributed by atoms with Crippen LogP contribution in [0.25, 0.3) is 0 Å². The molecule has 1 amide bonds. The van der Waals surface area contributed by atoms with Crippen molar-refractivity contribution in [3.05, 3.63) is 53.1 Å². The Labute approximate surface area is 157 Å². The summed E-state index contributed by atoms with van der Waals surface area (Å²) in [5.41, 5.74) is 0.976. The summed E-state index contributed by atoms with van der Waals surface area (Å²) < 4.78 is 11.4. The SMILES string of the molecule is CCN(Cc1cccc2c1OCCO2)C(=O)CSc1ccc(Cl)cc1. The van der Waals surface area contributed by atoms with Crippen molar-refractivity contribution in [3.8, 4) is 11.5 Å². The Kier molecular flexibility index (Phi) is 6.10. The van der Waals surface area contributed by atoms with Gasteiger partial charge in [0.25, 0.3) is 0 Å². The minimum Gasteiger partial charge on any atom is -0.486 e. The molecule has 0 aromatic heterocycles. The lowest BCUT2D eigenvalue weighted by atomic mass is 10.1. The van der Waals surface area contributed by atoms with Gasteiger partial charge in [-0.3, -0.25) is 4.79 Å². The van der Waals surface area contributed by atoms with E-state index in [1.807, 2.05) is 54.3 Å². The maximum atomic E-state index is 12.6. The second-order valence-electron chi connectivity index (χ2n) is 5.59. The maximum absolute atomic E-state index is 12.6. The van der Waals surface area contributed by atoms with Gasteiger partial charge in [0, 0.05) is 28.6 Å². The summed E-state index contributed by atoms with van der Waals surface area (Å²) in [5, 5.41) is 0.696. The average molecular weight is 378 g/mol. The van der Waals surface area contributed by atoms with E-state index in [1.165, 1.54) is 11.8 Å². The predicted octanol–water partition coefficient (Wildman–Crippen LogP) is 4.25. The van der Waals surface area contributed by atoms with Crippen molar-refractivity contribution < 1.29 is 14.3 Å². The Hall–Kier alpha value is -1.85. The zero-order valence-corrected chi connectivity index (χ0v) is 15.6. The standard InChI is InChI=1S/C19H20ClNO3S/c1-2-21(18(22)13-25-16-8-6-15(20)7-9-16)12-14-4-3-5-17-19(14)24-11-10-23-17/h3-9H,2,10-13H2,1H3. The monoisotopic (exact) mass is 377 g/mol. The Morgan fingerprint density at radius 2 is 1.92 bits per heavy atom. The highest BCUT2D eigenvalue weighted by Gasteiger charge is 2.19. The van der Waals surface area contributed by atoms with E-state index in [2.05, 4.69) is 0 Å². The minimum absolute atomic E-state index is 0.0942. The van der Waals surface area contributed by atoms with Gasteiger partial charge in [-0.25, -0.2) is 0 Å². The third-order valence-corrected chi connectivity index (χ3v) is 5.17. The highest BCUT2D eigenvalue weighted by molar-refractivity contribution is 8.00. The van der Waals surface area contributed by atoms with Crippen LogP contribution >= 0.6 is 23.4 Å². The molecule has 0 saturated heterocycles. The van der Waals surface area contributed by atoms with Crippen molar-refractivity contribution in [1.29, 1.82) is 0 Å². The highest BCUT2D eigenvalue weighted by Crippen LogP contribution is 2.34. The normalized spacial score (nSPS) is 12.7. The first-order valence-corrected chi connectivity index (χ1v) is 9.57. The summed E-state index contributed by atoms with van der Waals surface area (Å²) in [6.07, 6.45) is 0. The Bertz CT molecular complexity index is 736.